The van der Waals surface area contributed by atoms with Crippen LogP contribution in [0.5, 0.6) is 5.75 Å². The van der Waals surface area contributed by atoms with Crippen LogP contribution in [0, 0.1) is 5.41 Å². The fourth-order valence-corrected chi connectivity index (χ4v) is 3.53. The number of anilines is 1. The van der Waals surface area contributed by atoms with E-state index in [2.05, 4.69) is 9.50 Å². The van der Waals surface area contributed by atoms with Gasteiger partial charge in [0.1, 0.15) is 11.6 Å². The number of methoxy groups -OCH3 is 1. The lowest BCUT2D eigenvalue weighted by Gasteiger charge is -2.16. The number of nitrogen functional groups attached to an aromatic ring is 1. The van der Waals surface area contributed by atoms with Crippen molar-refractivity contribution >= 4 is 33.5 Å². The van der Waals surface area contributed by atoms with E-state index < -0.39 is 22.0 Å². The SMILES string of the molecule is COc1cccc(C(=O)OS(C)(=O)=O)c1-c1ccccc1C(=O)Nc1ccc(C(=N)N)cc1. The fourth-order valence-electron chi connectivity index (χ4n) is 3.16. The highest BCUT2D eigenvalue weighted by molar-refractivity contribution is 7.86. The Labute approximate surface area is 190 Å². The second-order valence-electron chi connectivity index (χ2n) is 6.95. The molecule has 0 unspecified atom stereocenters. The summed E-state index contributed by atoms with van der Waals surface area (Å²) in [6.45, 7) is 0. The van der Waals surface area contributed by atoms with E-state index >= 15 is 0 Å². The number of amidine groups is 1. The molecule has 0 atom stereocenters. The largest absolute Gasteiger partial charge is 0.496 e. The van der Waals surface area contributed by atoms with Crippen LogP contribution < -0.4 is 15.8 Å². The highest BCUT2D eigenvalue weighted by Gasteiger charge is 2.24. The summed E-state index contributed by atoms with van der Waals surface area (Å²) in [6.07, 6.45) is 0.767. The number of nitrogens with one attached hydrogen (secondary N) is 2. The van der Waals surface area contributed by atoms with Crippen LogP contribution >= 0.6 is 0 Å². The summed E-state index contributed by atoms with van der Waals surface area (Å²) in [5.41, 5.74) is 7.12. The van der Waals surface area contributed by atoms with Crippen molar-refractivity contribution in [1.29, 1.82) is 5.41 Å². The molecule has 0 radical (unpaired) electrons. The topological polar surface area (TPSA) is 149 Å². The summed E-state index contributed by atoms with van der Waals surface area (Å²) in [4.78, 5) is 25.7. The van der Waals surface area contributed by atoms with E-state index in [4.69, 9.17) is 15.9 Å². The van der Waals surface area contributed by atoms with E-state index in [0.29, 0.717) is 16.8 Å². The van der Waals surface area contributed by atoms with Crippen LogP contribution in [0.15, 0.2) is 66.7 Å². The highest BCUT2D eigenvalue weighted by Crippen LogP contribution is 2.36. The van der Waals surface area contributed by atoms with Gasteiger partial charge >= 0.3 is 16.1 Å². The van der Waals surface area contributed by atoms with Crippen LogP contribution in [0.2, 0.25) is 0 Å². The maximum absolute atomic E-state index is 13.1. The number of amides is 1. The first-order chi connectivity index (χ1) is 15.6. The molecule has 10 heteroatoms. The van der Waals surface area contributed by atoms with E-state index in [1.165, 1.54) is 19.2 Å². The van der Waals surface area contributed by atoms with Gasteiger partial charge in [-0.25, -0.2) is 4.79 Å². The molecule has 0 fully saturated rings. The van der Waals surface area contributed by atoms with E-state index in [9.17, 15) is 18.0 Å². The molecular weight excluding hydrogens is 446 g/mol. The monoisotopic (exact) mass is 467 g/mol. The smallest absolute Gasteiger partial charge is 0.354 e. The van der Waals surface area contributed by atoms with Crippen LogP contribution in [-0.4, -0.2) is 39.5 Å². The molecule has 0 spiro atoms. The van der Waals surface area contributed by atoms with Crippen molar-refractivity contribution in [3.63, 3.8) is 0 Å². The number of carbonyl (C=O) groups is 2. The third kappa shape index (κ3) is 5.55. The molecule has 9 nitrogen and oxygen atoms in total. The van der Waals surface area contributed by atoms with Crippen molar-refractivity contribution in [1.82, 2.24) is 0 Å². The molecule has 0 heterocycles. The Bertz CT molecular complexity index is 1330. The van der Waals surface area contributed by atoms with Gasteiger partial charge in [-0.2, -0.15) is 8.42 Å². The van der Waals surface area contributed by atoms with E-state index in [-0.39, 0.29) is 28.3 Å². The van der Waals surface area contributed by atoms with Gasteiger partial charge in [0.25, 0.3) is 5.91 Å². The zero-order valence-corrected chi connectivity index (χ0v) is 18.6. The Hall–Kier alpha value is -4.18. The molecule has 0 saturated heterocycles. The lowest BCUT2D eigenvalue weighted by atomic mass is 9.94. The number of hydrogen-bond donors (Lipinski definition) is 3. The predicted molar refractivity (Wildman–Crippen MR) is 124 cm³/mol. The van der Waals surface area contributed by atoms with E-state index in [0.717, 1.165) is 6.26 Å². The fraction of sp³-hybridized carbons (Fsp3) is 0.0870. The van der Waals surface area contributed by atoms with Crippen LogP contribution in [0.3, 0.4) is 0 Å². The van der Waals surface area contributed by atoms with Crippen molar-refractivity contribution < 1.29 is 26.9 Å². The van der Waals surface area contributed by atoms with Crippen molar-refractivity contribution in [2.24, 2.45) is 5.73 Å². The van der Waals surface area contributed by atoms with Crippen molar-refractivity contribution in [3.05, 3.63) is 83.4 Å². The summed E-state index contributed by atoms with van der Waals surface area (Å²) < 4.78 is 33.0. The van der Waals surface area contributed by atoms with Gasteiger partial charge in [0.15, 0.2) is 0 Å². The predicted octanol–water partition coefficient (Wildman–Crippen LogP) is 3.01. The molecular formula is C23H21N3O6S. The second kappa shape index (κ2) is 9.53. The quantitative estimate of drug-likeness (QED) is 0.275. The van der Waals surface area contributed by atoms with Gasteiger partial charge in [-0.05, 0) is 48.0 Å². The molecule has 4 N–H and O–H groups in total. The standard InChI is InChI=1S/C23H21N3O6S/c1-31-19-9-5-8-18(23(28)32-33(2,29)30)20(19)16-6-3-4-7-17(16)22(27)26-15-12-10-14(11-13-15)21(24)25/h3-13H,1-2H3,(H3,24,25)(H,26,27). The number of benzene rings is 3. The van der Waals surface area contributed by atoms with Crippen molar-refractivity contribution in [2.45, 2.75) is 0 Å². The molecule has 0 aliphatic carbocycles. The van der Waals surface area contributed by atoms with Crippen molar-refractivity contribution in [3.8, 4) is 16.9 Å². The Balaban J connectivity index is 2.06. The molecule has 0 saturated carbocycles. The Kier molecular flexibility index (Phi) is 6.78. The molecule has 3 rings (SSSR count). The minimum absolute atomic E-state index is 0.0779. The number of nitrogens with two attached hydrogens (primary N) is 1. The number of carbonyl (C=O) groups excluding carboxylic acids is 2. The van der Waals surface area contributed by atoms with Crippen molar-refractivity contribution in [2.75, 3.05) is 18.7 Å². The lowest BCUT2D eigenvalue weighted by Crippen LogP contribution is -2.16. The highest BCUT2D eigenvalue weighted by atomic mass is 32.2. The van der Waals surface area contributed by atoms with Gasteiger partial charge in [0.05, 0.1) is 18.9 Å². The zero-order chi connectivity index (χ0) is 24.2. The Morgan fingerprint density at radius 2 is 1.58 bits per heavy atom. The summed E-state index contributed by atoms with van der Waals surface area (Å²) >= 11 is 0. The van der Waals surface area contributed by atoms with Gasteiger partial charge in [0.2, 0.25) is 0 Å². The molecule has 3 aromatic rings. The second-order valence-corrected chi connectivity index (χ2v) is 8.52. The normalized spacial score (nSPS) is 10.8. The average Bonchev–Trinajstić information content (AvgIpc) is 2.77. The maximum Gasteiger partial charge on any atom is 0.354 e. The molecule has 0 aliphatic rings. The molecule has 33 heavy (non-hydrogen) atoms. The van der Waals surface area contributed by atoms with Gasteiger partial charge in [0, 0.05) is 22.4 Å². The van der Waals surface area contributed by atoms with Gasteiger partial charge in [-0.15, -0.1) is 0 Å². The minimum atomic E-state index is -4.06. The number of hydrogen-bond acceptors (Lipinski definition) is 7. The Morgan fingerprint density at radius 3 is 2.18 bits per heavy atom. The average molecular weight is 468 g/mol. The maximum atomic E-state index is 13.1. The van der Waals surface area contributed by atoms with Gasteiger partial charge in [-0.1, -0.05) is 24.3 Å². The minimum Gasteiger partial charge on any atom is -0.496 e. The van der Waals surface area contributed by atoms with Crippen LogP contribution in [-0.2, 0) is 14.3 Å². The lowest BCUT2D eigenvalue weighted by molar-refractivity contribution is 0.0748. The molecule has 0 aliphatic heterocycles. The van der Waals surface area contributed by atoms with Crippen LogP contribution in [0.25, 0.3) is 11.1 Å². The third-order valence-electron chi connectivity index (χ3n) is 4.59. The molecule has 1 amide bonds. The molecule has 0 bridgehead atoms. The summed E-state index contributed by atoms with van der Waals surface area (Å²) in [6, 6.07) is 17.4. The molecule has 0 aromatic heterocycles. The summed E-state index contributed by atoms with van der Waals surface area (Å²) in [7, 11) is -2.67. The first-order valence-electron chi connectivity index (χ1n) is 9.56. The first kappa shape index (κ1) is 23.5. The van der Waals surface area contributed by atoms with E-state index in [1.807, 2.05) is 0 Å². The summed E-state index contributed by atoms with van der Waals surface area (Å²) in [5.74, 6) is -1.41. The van der Waals surface area contributed by atoms with Gasteiger partial charge in [-0.3, -0.25) is 10.2 Å². The molecule has 3 aromatic carbocycles. The van der Waals surface area contributed by atoms with Crippen LogP contribution in [0.4, 0.5) is 5.69 Å². The summed E-state index contributed by atoms with van der Waals surface area (Å²) in [5, 5.41) is 10.2. The van der Waals surface area contributed by atoms with Crippen LogP contribution in [0.1, 0.15) is 26.3 Å². The Morgan fingerprint density at radius 1 is 0.939 bits per heavy atom. The number of ether oxygens (including phenoxy) is 1. The van der Waals surface area contributed by atoms with E-state index in [1.54, 1.807) is 54.6 Å². The molecule has 170 valence electrons. The van der Waals surface area contributed by atoms with Gasteiger partial charge < -0.3 is 20.0 Å². The number of rotatable bonds is 7. The third-order valence-corrected chi connectivity index (χ3v) is 5.04. The first-order valence-corrected chi connectivity index (χ1v) is 11.4. The zero-order valence-electron chi connectivity index (χ0n) is 17.8.